The first-order valence-corrected chi connectivity index (χ1v) is 7.22. The molecule has 3 saturated carbocycles. The van der Waals surface area contributed by atoms with E-state index in [1.807, 2.05) is 0 Å². The molecule has 3 heteroatoms. The number of hydrogen-bond acceptors (Lipinski definition) is 2. The number of benzene rings is 1. The van der Waals surface area contributed by atoms with Crippen molar-refractivity contribution in [2.24, 2.45) is 5.41 Å². The van der Waals surface area contributed by atoms with Crippen LogP contribution >= 0.6 is 0 Å². The van der Waals surface area contributed by atoms with Gasteiger partial charge < -0.3 is 0 Å². The van der Waals surface area contributed by atoms with Gasteiger partial charge in [-0.2, -0.15) is 0 Å². The van der Waals surface area contributed by atoms with Gasteiger partial charge >= 0.3 is 101 Å². The molecule has 0 heterocycles. The number of hydrogen-bond donors (Lipinski definition) is 0. The van der Waals surface area contributed by atoms with Gasteiger partial charge in [-0.1, -0.05) is 0 Å². The molecule has 0 amide bonds. The van der Waals surface area contributed by atoms with Gasteiger partial charge in [-0.15, -0.1) is 0 Å². The van der Waals surface area contributed by atoms with E-state index in [1.165, 1.54) is 11.6 Å². The fourth-order valence-corrected chi connectivity index (χ4v) is 6.83. The molecule has 1 aromatic carbocycles. The van der Waals surface area contributed by atoms with E-state index >= 15 is 0 Å². The van der Waals surface area contributed by atoms with E-state index in [2.05, 4.69) is 30.3 Å². The molecule has 0 N–H and O–H groups in total. The van der Waals surface area contributed by atoms with Gasteiger partial charge in [0.15, 0.2) is 0 Å². The first-order valence-electron chi connectivity index (χ1n) is 5.51. The number of carbonyl (C=O) groups is 1. The molecule has 0 saturated heterocycles. The standard InChI is InChI=1S/C13H14O2Se/c1-15-11(14)12-7-13(8-12,9-12)16-10-5-3-2-4-6-10/h2-6H,7-9H2,1H3. The van der Waals surface area contributed by atoms with Crippen LogP contribution in [0.5, 0.6) is 0 Å². The summed E-state index contributed by atoms with van der Waals surface area (Å²) in [5, 5.41) is 0. The van der Waals surface area contributed by atoms with Crippen LogP contribution in [0.3, 0.4) is 0 Å². The molecule has 3 aliphatic rings. The van der Waals surface area contributed by atoms with E-state index in [-0.39, 0.29) is 11.4 Å². The van der Waals surface area contributed by atoms with Crippen LogP contribution in [0, 0.1) is 5.41 Å². The van der Waals surface area contributed by atoms with Crippen molar-refractivity contribution in [1.82, 2.24) is 0 Å². The first kappa shape index (κ1) is 10.4. The van der Waals surface area contributed by atoms with Gasteiger partial charge in [0.05, 0.1) is 0 Å². The molecule has 2 nitrogen and oxygen atoms in total. The van der Waals surface area contributed by atoms with Crippen molar-refractivity contribution in [3.05, 3.63) is 30.3 Å². The molecule has 0 radical (unpaired) electrons. The molecule has 0 atom stereocenters. The maximum absolute atomic E-state index is 11.5. The molecule has 3 aliphatic carbocycles. The second-order valence-corrected chi connectivity index (χ2v) is 8.13. The Hall–Kier alpha value is -0.791. The number of carbonyl (C=O) groups excluding carboxylic acids is 1. The van der Waals surface area contributed by atoms with E-state index in [1.54, 1.807) is 0 Å². The van der Waals surface area contributed by atoms with Gasteiger partial charge in [-0.25, -0.2) is 0 Å². The molecular weight excluding hydrogens is 267 g/mol. The fourth-order valence-electron chi connectivity index (χ4n) is 2.97. The van der Waals surface area contributed by atoms with Gasteiger partial charge in [0.2, 0.25) is 0 Å². The summed E-state index contributed by atoms with van der Waals surface area (Å²) in [6.45, 7) is 0. The summed E-state index contributed by atoms with van der Waals surface area (Å²) in [4.78, 5) is 11.5. The zero-order valence-corrected chi connectivity index (χ0v) is 10.9. The average molecular weight is 281 g/mol. The molecule has 16 heavy (non-hydrogen) atoms. The predicted molar refractivity (Wildman–Crippen MR) is 62.8 cm³/mol. The molecule has 1 aromatic rings. The van der Waals surface area contributed by atoms with Gasteiger partial charge in [-0.05, 0) is 0 Å². The quantitative estimate of drug-likeness (QED) is 0.620. The fraction of sp³-hybridized carbons (Fsp3) is 0.462. The molecule has 0 aromatic heterocycles. The summed E-state index contributed by atoms with van der Waals surface area (Å²) in [5.74, 6) is 0.0123. The van der Waals surface area contributed by atoms with Crippen molar-refractivity contribution < 1.29 is 9.53 Å². The summed E-state index contributed by atoms with van der Waals surface area (Å²) in [5.41, 5.74) is -0.0781. The number of rotatable bonds is 3. The third-order valence-corrected chi connectivity index (χ3v) is 6.56. The van der Waals surface area contributed by atoms with Crippen LogP contribution in [0.25, 0.3) is 0 Å². The van der Waals surface area contributed by atoms with E-state index in [9.17, 15) is 4.79 Å². The average Bonchev–Trinajstić information content (AvgIpc) is 2.22. The van der Waals surface area contributed by atoms with Gasteiger partial charge in [-0.3, -0.25) is 0 Å². The Morgan fingerprint density at radius 3 is 2.44 bits per heavy atom. The minimum absolute atomic E-state index is 0.0123. The van der Waals surface area contributed by atoms with Crippen LogP contribution in [-0.2, 0) is 9.53 Å². The Labute approximate surface area is 102 Å². The van der Waals surface area contributed by atoms with E-state index in [0.717, 1.165) is 19.3 Å². The molecule has 2 bridgehead atoms. The molecule has 3 fully saturated rings. The van der Waals surface area contributed by atoms with Crippen LogP contribution in [0.1, 0.15) is 19.3 Å². The Morgan fingerprint density at radius 1 is 1.25 bits per heavy atom. The number of esters is 1. The Morgan fingerprint density at radius 2 is 1.88 bits per heavy atom. The SMILES string of the molecule is COC(=O)C12CC([Se]c3ccccc3)(C1)C2. The van der Waals surface area contributed by atoms with Crippen LogP contribution in [0.2, 0.25) is 4.31 Å². The van der Waals surface area contributed by atoms with Crippen LogP contribution < -0.4 is 4.46 Å². The maximum atomic E-state index is 11.5. The van der Waals surface area contributed by atoms with Gasteiger partial charge in [0.25, 0.3) is 0 Å². The first-order chi connectivity index (χ1) is 7.68. The topological polar surface area (TPSA) is 26.3 Å². The summed E-state index contributed by atoms with van der Waals surface area (Å²) in [7, 11) is 1.50. The van der Waals surface area contributed by atoms with Crippen molar-refractivity contribution in [1.29, 1.82) is 0 Å². The van der Waals surface area contributed by atoms with Crippen molar-refractivity contribution in [3.8, 4) is 0 Å². The van der Waals surface area contributed by atoms with Crippen molar-refractivity contribution >= 4 is 25.4 Å². The monoisotopic (exact) mass is 282 g/mol. The third-order valence-electron chi connectivity index (χ3n) is 3.68. The molecule has 4 rings (SSSR count). The number of ether oxygens (including phenoxy) is 1. The second-order valence-electron chi connectivity index (χ2n) is 4.90. The number of methoxy groups -OCH3 is 1. The van der Waals surface area contributed by atoms with E-state index in [0.29, 0.717) is 19.3 Å². The van der Waals surface area contributed by atoms with Gasteiger partial charge in [0.1, 0.15) is 0 Å². The summed E-state index contributed by atoms with van der Waals surface area (Å²) in [6, 6.07) is 10.6. The van der Waals surface area contributed by atoms with Crippen molar-refractivity contribution in [2.45, 2.75) is 23.6 Å². The summed E-state index contributed by atoms with van der Waals surface area (Å²) < 4.78 is 6.79. The Balaban J connectivity index is 1.64. The van der Waals surface area contributed by atoms with Crippen LogP contribution in [0.15, 0.2) is 30.3 Å². The zero-order valence-electron chi connectivity index (χ0n) is 9.23. The molecular formula is C13H14O2Se. The van der Waals surface area contributed by atoms with Crippen LogP contribution in [-0.4, -0.2) is 28.0 Å². The Kier molecular flexibility index (Phi) is 2.17. The van der Waals surface area contributed by atoms with E-state index < -0.39 is 0 Å². The summed E-state index contributed by atoms with van der Waals surface area (Å²) >= 11 is 0.518. The predicted octanol–water partition coefficient (Wildman–Crippen LogP) is 1.53. The van der Waals surface area contributed by atoms with Crippen molar-refractivity contribution in [2.75, 3.05) is 7.11 Å². The Bertz CT molecular complexity index is 407. The second kappa shape index (κ2) is 3.35. The van der Waals surface area contributed by atoms with Gasteiger partial charge in [0, 0.05) is 0 Å². The third kappa shape index (κ3) is 1.35. The molecule has 84 valence electrons. The summed E-state index contributed by atoms with van der Waals surface area (Å²) in [6.07, 6.45) is 3.17. The molecule has 0 aliphatic heterocycles. The normalized spacial score (nSPS) is 34.8. The van der Waals surface area contributed by atoms with Crippen molar-refractivity contribution in [3.63, 3.8) is 0 Å². The van der Waals surface area contributed by atoms with Crippen LogP contribution in [0.4, 0.5) is 0 Å². The minimum atomic E-state index is -0.0781. The molecule has 0 spiro atoms. The molecule has 0 unspecified atom stereocenters. The van der Waals surface area contributed by atoms with E-state index in [4.69, 9.17) is 4.74 Å². The zero-order chi connectivity index (χ0) is 11.2.